The summed E-state index contributed by atoms with van der Waals surface area (Å²) in [6.45, 7) is 10.7. The molecule has 1 amide bonds. The van der Waals surface area contributed by atoms with Crippen LogP contribution < -0.4 is 0 Å². The Bertz CT molecular complexity index is 645. The zero-order chi connectivity index (χ0) is 23.8. The van der Waals surface area contributed by atoms with Crippen molar-refractivity contribution >= 4 is 23.8 Å². The van der Waals surface area contributed by atoms with Gasteiger partial charge >= 0.3 is 17.9 Å². The molecule has 1 aliphatic carbocycles. The third-order valence-corrected chi connectivity index (χ3v) is 4.65. The lowest BCUT2D eigenvalue weighted by Gasteiger charge is -2.22. The number of likely N-dealkylation sites (N-methyl/N-ethyl adjacent to an activating group) is 1. The molecule has 1 aliphatic rings. The number of nitrogens with zero attached hydrogens (tertiary/aromatic N) is 1. The molecular weight excluding hydrogens is 402 g/mol. The Morgan fingerprint density at radius 3 is 2.00 bits per heavy atom. The molecule has 0 radical (unpaired) electrons. The molecular formula is C23H39NO7. The van der Waals surface area contributed by atoms with Crippen molar-refractivity contribution in [3.63, 3.8) is 0 Å². The summed E-state index contributed by atoms with van der Waals surface area (Å²) < 4.78 is 16.0. The van der Waals surface area contributed by atoms with Gasteiger partial charge in [-0.05, 0) is 73.1 Å². The first kappa shape index (κ1) is 26.9. The molecule has 2 unspecified atom stereocenters. The molecule has 0 bridgehead atoms. The third-order valence-electron chi connectivity index (χ3n) is 4.65. The highest BCUT2D eigenvalue weighted by Gasteiger charge is 2.30. The molecule has 8 nitrogen and oxygen atoms in total. The fourth-order valence-electron chi connectivity index (χ4n) is 3.42. The Morgan fingerprint density at radius 2 is 1.42 bits per heavy atom. The quantitative estimate of drug-likeness (QED) is 0.399. The number of carbonyl (C=O) groups excluding carboxylic acids is 4. The summed E-state index contributed by atoms with van der Waals surface area (Å²) in [5.74, 6) is -1.10. The third kappa shape index (κ3) is 12.4. The van der Waals surface area contributed by atoms with Gasteiger partial charge in [-0.3, -0.25) is 19.2 Å². The van der Waals surface area contributed by atoms with Gasteiger partial charge in [0.2, 0.25) is 5.91 Å². The zero-order valence-corrected chi connectivity index (χ0v) is 20.1. The van der Waals surface area contributed by atoms with Gasteiger partial charge in [0.15, 0.2) is 0 Å². The van der Waals surface area contributed by atoms with Crippen molar-refractivity contribution in [3.05, 3.63) is 0 Å². The van der Waals surface area contributed by atoms with Crippen LogP contribution in [-0.2, 0) is 33.4 Å². The maximum atomic E-state index is 12.1. The molecule has 0 heterocycles. The molecule has 0 N–H and O–H groups in total. The number of hydrogen-bond acceptors (Lipinski definition) is 7. The number of esters is 3. The van der Waals surface area contributed by atoms with Gasteiger partial charge in [0.05, 0.1) is 0 Å². The molecule has 0 spiro atoms. The van der Waals surface area contributed by atoms with Crippen LogP contribution in [0.25, 0.3) is 0 Å². The predicted molar refractivity (Wildman–Crippen MR) is 115 cm³/mol. The Balaban J connectivity index is 2.25. The largest absolute Gasteiger partial charge is 0.462 e. The molecule has 0 aliphatic heterocycles. The smallest absolute Gasteiger partial charge is 0.326 e. The first-order valence-corrected chi connectivity index (χ1v) is 11.0. The van der Waals surface area contributed by atoms with Crippen molar-refractivity contribution in [3.8, 4) is 0 Å². The number of amides is 1. The second-order valence-electron chi connectivity index (χ2n) is 10.3. The number of hydrogen-bond donors (Lipinski definition) is 0. The van der Waals surface area contributed by atoms with Gasteiger partial charge < -0.3 is 19.1 Å². The maximum Gasteiger partial charge on any atom is 0.326 e. The van der Waals surface area contributed by atoms with Crippen LogP contribution in [0, 0.1) is 5.92 Å². The Hall–Kier alpha value is -2.12. The first-order valence-electron chi connectivity index (χ1n) is 11.0. The Labute approximate surface area is 186 Å². The van der Waals surface area contributed by atoms with Crippen LogP contribution in [-0.4, -0.2) is 59.6 Å². The summed E-state index contributed by atoms with van der Waals surface area (Å²) in [4.78, 5) is 49.3. The fourth-order valence-corrected chi connectivity index (χ4v) is 3.42. The van der Waals surface area contributed by atoms with E-state index in [0.717, 1.165) is 12.8 Å². The van der Waals surface area contributed by atoms with Crippen LogP contribution >= 0.6 is 0 Å². The Morgan fingerprint density at radius 1 is 0.839 bits per heavy atom. The highest BCUT2D eigenvalue weighted by atomic mass is 16.6. The van der Waals surface area contributed by atoms with Gasteiger partial charge in [0, 0.05) is 26.3 Å². The molecule has 1 saturated carbocycles. The first-order chi connectivity index (χ1) is 14.1. The van der Waals surface area contributed by atoms with Crippen molar-refractivity contribution in [1.29, 1.82) is 0 Å². The van der Waals surface area contributed by atoms with Gasteiger partial charge in [-0.15, -0.1) is 0 Å². The van der Waals surface area contributed by atoms with Gasteiger partial charge in [0.1, 0.15) is 23.9 Å². The van der Waals surface area contributed by atoms with E-state index in [1.165, 1.54) is 11.9 Å². The molecule has 0 aromatic carbocycles. The molecule has 2 atom stereocenters. The predicted octanol–water partition coefficient (Wildman–Crippen LogP) is 3.40. The van der Waals surface area contributed by atoms with E-state index < -0.39 is 17.2 Å². The average Bonchev–Trinajstić information content (AvgIpc) is 2.97. The summed E-state index contributed by atoms with van der Waals surface area (Å²) in [5, 5.41) is 0. The van der Waals surface area contributed by atoms with Crippen molar-refractivity contribution in [1.82, 2.24) is 4.90 Å². The standard InChI is InChI=1S/C23H39NO7/c1-22(2,3)30-20(27)14-16-11-12-17(13-16)29-19(26)10-8-9-18(25)24(7)15-21(28)31-23(4,5)6/h16-17H,8-15H2,1-7H3. The van der Waals surface area contributed by atoms with Gasteiger partial charge in [-0.2, -0.15) is 0 Å². The minimum atomic E-state index is -0.600. The zero-order valence-electron chi connectivity index (χ0n) is 20.1. The fraction of sp³-hybridized carbons (Fsp3) is 0.826. The molecule has 1 fully saturated rings. The minimum absolute atomic E-state index is 0.123. The summed E-state index contributed by atoms with van der Waals surface area (Å²) in [5.41, 5.74) is -1.10. The highest BCUT2D eigenvalue weighted by Crippen LogP contribution is 2.31. The molecule has 8 heteroatoms. The van der Waals surface area contributed by atoms with Crippen molar-refractivity contribution < 1.29 is 33.4 Å². The van der Waals surface area contributed by atoms with E-state index >= 15 is 0 Å². The number of carbonyl (C=O) groups is 4. The van der Waals surface area contributed by atoms with Crippen molar-refractivity contribution in [2.24, 2.45) is 5.92 Å². The van der Waals surface area contributed by atoms with E-state index in [1.807, 2.05) is 20.8 Å². The molecule has 31 heavy (non-hydrogen) atoms. The lowest BCUT2D eigenvalue weighted by atomic mass is 10.0. The van der Waals surface area contributed by atoms with E-state index in [4.69, 9.17) is 14.2 Å². The molecule has 0 saturated heterocycles. The molecule has 178 valence electrons. The van der Waals surface area contributed by atoms with Crippen LogP contribution in [0.15, 0.2) is 0 Å². The normalized spacial score (nSPS) is 18.9. The Kier molecular flexibility index (Phi) is 9.97. The lowest BCUT2D eigenvalue weighted by Crippen LogP contribution is -2.36. The summed E-state index contributed by atoms with van der Waals surface area (Å²) in [6.07, 6.45) is 3.00. The SMILES string of the molecule is CN(CC(=O)OC(C)(C)C)C(=O)CCCC(=O)OC1CCC(CC(=O)OC(C)(C)C)C1. The second kappa shape index (κ2) is 11.5. The van der Waals surface area contributed by atoms with Crippen molar-refractivity contribution in [2.45, 2.75) is 104 Å². The van der Waals surface area contributed by atoms with Gasteiger partial charge in [0.25, 0.3) is 0 Å². The summed E-state index contributed by atoms with van der Waals surface area (Å²) >= 11 is 0. The summed E-state index contributed by atoms with van der Waals surface area (Å²) in [6, 6.07) is 0. The van der Waals surface area contributed by atoms with Crippen LogP contribution in [0.1, 0.15) is 86.5 Å². The minimum Gasteiger partial charge on any atom is -0.462 e. The van der Waals surface area contributed by atoms with Crippen LogP contribution in [0.2, 0.25) is 0 Å². The van der Waals surface area contributed by atoms with E-state index in [9.17, 15) is 19.2 Å². The van der Waals surface area contributed by atoms with E-state index in [2.05, 4.69) is 0 Å². The monoisotopic (exact) mass is 441 g/mol. The van der Waals surface area contributed by atoms with E-state index in [0.29, 0.717) is 19.3 Å². The van der Waals surface area contributed by atoms with E-state index in [1.54, 1.807) is 20.8 Å². The maximum absolute atomic E-state index is 12.1. The average molecular weight is 442 g/mol. The molecule has 0 aromatic heterocycles. The summed E-state index contributed by atoms with van der Waals surface area (Å²) in [7, 11) is 1.54. The van der Waals surface area contributed by atoms with Crippen LogP contribution in [0.5, 0.6) is 0 Å². The number of rotatable bonds is 9. The van der Waals surface area contributed by atoms with Crippen LogP contribution in [0.4, 0.5) is 0 Å². The number of ether oxygens (including phenoxy) is 3. The topological polar surface area (TPSA) is 99.2 Å². The molecule has 0 aromatic rings. The second-order valence-corrected chi connectivity index (χ2v) is 10.3. The molecule has 1 rings (SSSR count). The highest BCUT2D eigenvalue weighted by molar-refractivity contribution is 5.82. The van der Waals surface area contributed by atoms with Crippen LogP contribution in [0.3, 0.4) is 0 Å². The van der Waals surface area contributed by atoms with Gasteiger partial charge in [-0.1, -0.05) is 0 Å². The van der Waals surface area contributed by atoms with Gasteiger partial charge in [-0.25, -0.2) is 0 Å². The van der Waals surface area contributed by atoms with Crippen molar-refractivity contribution in [2.75, 3.05) is 13.6 Å². The van der Waals surface area contributed by atoms with E-state index in [-0.39, 0.29) is 49.3 Å². The lowest BCUT2D eigenvalue weighted by molar-refractivity contribution is -0.158.